The van der Waals surface area contributed by atoms with Crippen LogP contribution in [-0.4, -0.2) is 66.0 Å². The molecule has 228 valence electrons. The molecule has 0 unspecified atom stereocenters. The normalized spacial score (nSPS) is 15.3. The topological polar surface area (TPSA) is 144 Å². The van der Waals surface area contributed by atoms with E-state index in [1.165, 1.54) is 35.0 Å². The third-order valence-electron chi connectivity index (χ3n) is 7.01. The second kappa shape index (κ2) is 11.8. The number of fused-ring (bicyclic) bond motifs is 1. The van der Waals surface area contributed by atoms with E-state index in [-0.39, 0.29) is 40.7 Å². The van der Waals surface area contributed by atoms with Crippen molar-refractivity contribution in [3.63, 3.8) is 0 Å². The number of pyridine rings is 2. The van der Waals surface area contributed by atoms with Crippen molar-refractivity contribution in [2.75, 3.05) is 24.7 Å². The quantitative estimate of drug-likeness (QED) is 0.281. The van der Waals surface area contributed by atoms with E-state index in [0.717, 1.165) is 29.0 Å². The third kappa shape index (κ3) is 6.82. The maximum atomic E-state index is 14.8. The van der Waals surface area contributed by atoms with Crippen LogP contribution in [0.3, 0.4) is 0 Å². The SMILES string of the molecule is CS(=O)(=O)N1CCC(Nc2ncc3cc(C(F)F)c(=O)n(Cc4cncc(-c5ccc(S(=O)(=O)Cl)cc5F)c4)c3n2)CC1. The molecule has 0 amide bonds. The number of anilines is 1. The number of alkyl halides is 2. The molecule has 11 nitrogen and oxygen atoms in total. The molecule has 4 aromatic rings. The lowest BCUT2D eigenvalue weighted by Gasteiger charge is -2.30. The lowest BCUT2D eigenvalue weighted by molar-refractivity contribution is 0.149. The first-order valence-electron chi connectivity index (χ1n) is 12.8. The Labute approximate surface area is 248 Å². The van der Waals surface area contributed by atoms with Gasteiger partial charge in [-0.25, -0.2) is 39.3 Å². The van der Waals surface area contributed by atoms with Crippen LogP contribution in [0.25, 0.3) is 22.2 Å². The van der Waals surface area contributed by atoms with Crippen molar-refractivity contribution < 1.29 is 30.0 Å². The van der Waals surface area contributed by atoms with Crippen LogP contribution >= 0.6 is 10.7 Å². The molecule has 1 fully saturated rings. The summed E-state index contributed by atoms with van der Waals surface area (Å²) in [5.41, 5.74) is -1.07. The van der Waals surface area contributed by atoms with Gasteiger partial charge in [-0.2, -0.15) is 4.98 Å². The Hall–Kier alpha value is -3.60. The maximum Gasteiger partial charge on any atom is 0.269 e. The Morgan fingerprint density at radius 3 is 2.42 bits per heavy atom. The smallest absolute Gasteiger partial charge is 0.269 e. The minimum absolute atomic E-state index is 0.00712. The van der Waals surface area contributed by atoms with Crippen LogP contribution in [0.4, 0.5) is 19.1 Å². The van der Waals surface area contributed by atoms with Crippen LogP contribution < -0.4 is 10.9 Å². The van der Waals surface area contributed by atoms with Crippen LogP contribution in [-0.2, 0) is 25.6 Å². The first-order valence-corrected chi connectivity index (χ1v) is 17.0. The summed E-state index contributed by atoms with van der Waals surface area (Å²) < 4.78 is 91.6. The van der Waals surface area contributed by atoms with Crippen LogP contribution in [0.2, 0.25) is 0 Å². The molecule has 0 bridgehead atoms. The molecule has 0 saturated carbocycles. The van der Waals surface area contributed by atoms with Crippen LogP contribution in [0.5, 0.6) is 0 Å². The third-order valence-corrected chi connectivity index (χ3v) is 9.67. The van der Waals surface area contributed by atoms with Crippen molar-refractivity contribution >= 4 is 46.7 Å². The van der Waals surface area contributed by atoms with E-state index in [2.05, 4.69) is 20.3 Å². The van der Waals surface area contributed by atoms with Gasteiger partial charge in [0.25, 0.3) is 21.0 Å². The van der Waals surface area contributed by atoms with Gasteiger partial charge in [0.1, 0.15) is 11.5 Å². The highest BCUT2D eigenvalue weighted by Crippen LogP contribution is 2.28. The van der Waals surface area contributed by atoms with Gasteiger partial charge in [-0.15, -0.1) is 0 Å². The highest BCUT2D eigenvalue weighted by molar-refractivity contribution is 8.13. The number of hydrogen-bond donors (Lipinski definition) is 1. The first-order chi connectivity index (χ1) is 20.2. The molecule has 0 spiro atoms. The van der Waals surface area contributed by atoms with Crippen molar-refractivity contribution in [3.05, 3.63) is 76.2 Å². The Bertz CT molecular complexity index is 1990. The largest absolute Gasteiger partial charge is 0.351 e. The molecule has 1 aliphatic rings. The van der Waals surface area contributed by atoms with E-state index in [1.54, 1.807) is 0 Å². The molecule has 1 N–H and O–H groups in total. The number of nitrogens with zero attached hydrogens (tertiary/aromatic N) is 5. The molecule has 43 heavy (non-hydrogen) atoms. The molecule has 5 rings (SSSR count). The highest BCUT2D eigenvalue weighted by Gasteiger charge is 2.26. The molecule has 1 aliphatic heterocycles. The average Bonchev–Trinajstić information content (AvgIpc) is 2.94. The fourth-order valence-electron chi connectivity index (χ4n) is 4.85. The van der Waals surface area contributed by atoms with Crippen molar-refractivity contribution in [2.24, 2.45) is 0 Å². The van der Waals surface area contributed by atoms with Gasteiger partial charge in [0.2, 0.25) is 16.0 Å². The Balaban J connectivity index is 1.49. The van der Waals surface area contributed by atoms with E-state index in [1.807, 2.05) is 0 Å². The van der Waals surface area contributed by atoms with Crippen molar-refractivity contribution in [3.8, 4) is 11.1 Å². The summed E-state index contributed by atoms with van der Waals surface area (Å²) in [5.74, 6) is -0.750. The lowest BCUT2D eigenvalue weighted by Crippen LogP contribution is -2.42. The monoisotopic (exact) mass is 656 g/mol. The van der Waals surface area contributed by atoms with Gasteiger partial charge < -0.3 is 5.32 Å². The second-order valence-corrected chi connectivity index (χ2v) is 14.6. The summed E-state index contributed by atoms with van der Waals surface area (Å²) in [5, 5.41) is 3.31. The summed E-state index contributed by atoms with van der Waals surface area (Å²) in [6.45, 7) is 0.359. The van der Waals surface area contributed by atoms with Crippen molar-refractivity contribution in [1.82, 2.24) is 23.8 Å². The van der Waals surface area contributed by atoms with Crippen LogP contribution in [0.1, 0.15) is 30.4 Å². The number of benzene rings is 1. The number of rotatable bonds is 8. The average molecular weight is 657 g/mol. The lowest BCUT2D eigenvalue weighted by atomic mass is 10.1. The fraction of sp³-hybridized carbons (Fsp3) is 0.308. The molecular formula is C26H24ClF3N6O5S2. The zero-order valence-electron chi connectivity index (χ0n) is 22.4. The molecule has 1 saturated heterocycles. The molecule has 17 heteroatoms. The van der Waals surface area contributed by atoms with Gasteiger partial charge in [0, 0.05) is 64.9 Å². The van der Waals surface area contributed by atoms with E-state index in [4.69, 9.17) is 10.7 Å². The Kier molecular flexibility index (Phi) is 8.48. The van der Waals surface area contributed by atoms with Gasteiger partial charge in [0.15, 0.2) is 0 Å². The number of nitrogens with one attached hydrogen (secondary N) is 1. The summed E-state index contributed by atoms with van der Waals surface area (Å²) in [4.78, 5) is 25.5. The predicted octanol–water partition coefficient (Wildman–Crippen LogP) is 3.74. The standard InChI is InChI=1S/C26H24ClF3N6O5S2/c1-42(38,39)35-6-4-18(5-7-35)33-26-32-13-17-9-21(23(29)30)25(37)36(24(17)34-26)14-15-8-16(12-31-11-15)20-3-2-19(10-22(20)28)43(27,40)41/h2-3,8-13,18,23H,4-7,14H2,1H3,(H,32,33,34). The molecule has 4 heterocycles. The summed E-state index contributed by atoms with van der Waals surface area (Å²) in [6, 6.07) is 5.48. The van der Waals surface area contributed by atoms with E-state index >= 15 is 0 Å². The van der Waals surface area contributed by atoms with E-state index in [9.17, 15) is 34.8 Å². The van der Waals surface area contributed by atoms with Gasteiger partial charge in [-0.05, 0) is 42.7 Å². The zero-order valence-corrected chi connectivity index (χ0v) is 24.8. The molecular weight excluding hydrogens is 633 g/mol. The van der Waals surface area contributed by atoms with Crippen molar-refractivity contribution in [1.29, 1.82) is 0 Å². The molecule has 3 aromatic heterocycles. The summed E-state index contributed by atoms with van der Waals surface area (Å²) in [6.07, 6.45) is 3.06. The van der Waals surface area contributed by atoms with Crippen molar-refractivity contribution in [2.45, 2.75) is 36.7 Å². The maximum absolute atomic E-state index is 14.8. The zero-order chi connectivity index (χ0) is 31.1. The Morgan fingerprint density at radius 2 is 1.79 bits per heavy atom. The number of sulfonamides is 1. The molecule has 0 atom stereocenters. The van der Waals surface area contributed by atoms with Gasteiger partial charge >= 0.3 is 0 Å². The number of halogens is 4. The molecule has 0 radical (unpaired) electrons. The number of piperidine rings is 1. The van der Waals surface area contributed by atoms with Crippen LogP contribution in [0.15, 0.2) is 58.6 Å². The Morgan fingerprint density at radius 1 is 1.07 bits per heavy atom. The van der Waals surface area contributed by atoms with E-state index < -0.39 is 47.3 Å². The van der Waals surface area contributed by atoms with E-state index in [0.29, 0.717) is 31.5 Å². The minimum Gasteiger partial charge on any atom is -0.351 e. The summed E-state index contributed by atoms with van der Waals surface area (Å²) >= 11 is 0. The highest BCUT2D eigenvalue weighted by atomic mass is 35.7. The predicted molar refractivity (Wildman–Crippen MR) is 154 cm³/mol. The number of hydrogen-bond acceptors (Lipinski definition) is 9. The minimum atomic E-state index is -4.16. The molecule has 0 aliphatic carbocycles. The van der Waals surface area contributed by atoms with Crippen LogP contribution in [0, 0.1) is 5.82 Å². The fourth-order valence-corrected chi connectivity index (χ4v) is 6.49. The summed E-state index contributed by atoms with van der Waals surface area (Å²) in [7, 11) is -2.17. The first kappa shape index (κ1) is 30.8. The van der Waals surface area contributed by atoms with Gasteiger partial charge in [0.05, 0.1) is 23.3 Å². The number of aromatic nitrogens is 4. The molecule has 1 aromatic carbocycles. The van der Waals surface area contributed by atoms with Gasteiger partial charge in [-0.3, -0.25) is 14.3 Å². The second-order valence-electron chi connectivity index (χ2n) is 10.0. The van der Waals surface area contributed by atoms with Gasteiger partial charge in [-0.1, -0.05) is 6.07 Å².